The highest BCUT2D eigenvalue weighted by molar-refractivity contribution is 7.92. The summed E-state index contributed by atoms with van der Waals surface area (Å²) in [7, 11) is -3.85. The Balaban J connectivity index is 1.76. The lowest BCUT2D eigenvalue weighted by Gasteiger charge is -2.34. The van der Waals surface area contributed by atoms with Crippen molar-refractivity contribution in [3.8, 4) is 0 Å². The second kappa shape index (κ2) is 13.9. The molecule has 0 aromatic heterocycles. The number of nitrogens with one attached hydrogen (secondary N) is 1. The molecular formula is C32H37Cl2N3O4S. The fourth-order valence-electron chi connectivity index (χ4n) is 5.43. The van der Waals surface area contributed by atoms with E-state index in [9.17, 15) is 18.0 Å². The van der Waals surface area contributed by atoms with Gasteiger partial charge in [-0.1, -0.05) is 90.1 Å². The van der Waals surface area contributed by atoms with Gasteiger partial charge >= 0.3 is 0 Å². The van der Waals surface area contributed by atoms with Gasteiger partial charge in [0.25, 0.3) is 0 Å². The number of benzene rings is 3. The van der Waals surface area contributed by atoms with E-state index >= 15 is 0 Å². The summed E-state index contributed by atoms with van der Waals surface area (Å²) in [6.45, 7) is 3.25. The van der Waals surface area contributed by atoms with Crippen LogP contribution < -0.4 is 9.62 Å². The predicted octanol–water partition coefficient (Wildman–Crippen LogP) is 6.08. The molecule has 2 amide bonds. The first-order chi connectivity index (χ1) is 19.9. The van der Waals surface area contributed by atoms with Crippen molar-refractivity contribution in [3.05, 3.63) is 99.0 Å². The zero-order valence-corrected chi connectivity index (χ0v) is 26.5. The zero-order valence-electron chi connectivity index (χ0n) is 24.1. The molecule has 1 saturated carbocycles. The Bertz CT molecular complexity index is 1530. The molecule has 0 radical (unpaired) electrons. The molecule has 1 atom stereocenters. The lowest BCUT2D eigenvalue weighted by molar-refractivity contribution is -0.140. The van der Waals surface area contributed by atoms with Crippen molar-refractivity contribution in [1.29, 1.82) is 0 Å². The normalized spacial score (nSPS) is 14.4. The SMILES string of the molecule is Cc1ccc(N(CC(=O)N(Cc2ccc(Cl)cc2Cl)[C@H](Cc2ccccc2)C(=O)NC2CCCC2)S(C)(=O)=O)c(C)c1. The van der Waals surface area contributed by atoms with Gasteiger partial charge in [0, 0.05) is 29.1 Å². The summed E-state index contributed by atoms with van der Waals surface area (Å²) in [6.07, 6.45) is 5.17. The molecule has 0 aliphatic heterocycles. The van der Waals surface area contributed by atoms with Gasteiger partial charge in [-0.15, -0.1) is 0 Å². The third-order valence-electron chi connectivity index (χ3n) is 7.63. The van der Waals surface area contributed by atoms with Gasteiger partial charge in [-0.2, -0.15) is 0 Å². The van der Waals surface area contributed by atoms with E-state index < -0.39 is 28.5 Å². The van der Waals surface area contributed by atoms with Gasteiger partial charge in [0.1, 0.15) is 12.6 Å². The molecule has 1 aliphatic rings. The minimum Gasteiger partial charge on any atom is -0.352 e. The molecule has 3 aromatic rings. The average molecular weight is 631 g/mol. The quantitative estimate of drug-likeness (QED) is 0.279. The molecule has 3 aromatic carbocycles. The Kier molecular flexibility index (Phi) is 10.6. The topological polar surface area (TPSA) is 86.8 Å². The molecule has 0 saturated heterocycles. The molecule has 0 bridgehead atoms. The number of aryl methyl sites for hydroxylation is 2. The van der Waals surface area contributed by atoms with Crippen LogP contribution in [0.2, 0.25) is 10.0 Å². The van der Waals surface area contributed by atoms with Crippen molar-refractivity contribution >= 4 is 50.7 Å². The number of nitrogens with zero attached hydrogens (tertiary/aromatic N) is 2. The summed E-state index contributed by atoms with van der Waals surface area (Å²) < 4.78 is 27.2. The maximum Gasteiger partial charge on any atom is 0.244 e. The number of carbonyl (C=O) groups is 2. The summed E-state index contributed by atoms with van der Waals surface area (Å²) >= 11 is 12.7. The highest BCUT2D eigenvalue weighted by Crippen LogP contribution is 2.27. The number of hydrogen-bond acceptors (Lipinski definition) is 4. The van der Waals surface area contributed by atoms with Crippen LogP contribution in [0, 0.1) is 13.8 Å². The number of anilines is 1. The van der Waals surface area contributed by atoms with E-state index in [4.69, 9.17) is 23.2 Å². The number of hydrogen-bond donors (Lipinski definition) is 1. The first-order valence-corrected chi connectivity index (χ1v) is 16.7. The van der Waals surface area contributed by atoms with Crippen molar-refractivity contribution in [3.63, 3.8) is 0 Å². The van der Waals surface area contributed by atoms with Gasteiger partial charge < -0.3 is 10.2 Å². The predicted molar refractivity (Wildman–Crippen MR) is 169 cm³/mol. The summed E-state index contributed by atoms with van der Waals surface area (Å²) in [5, 5.41) is 3.95. The fourth-order valence-corrected chi connectivity index (χ4v) is 6.81. The Hall–Kier alpha value is -3.07. The molecule has 0 spiro atoms. The highest BCUT2D eigenvalue weighted by atomic mass is 35.5. The van der Waals surface area contributed by atoms with E-state index in [1.165, 1.54) is 4.90 Å². The molecule has 7 nitrogen and oxygen atoms in total. The van der Waals surface area contributed by atoms with Crippen LogP contribution >= 0.6 is 23.2 Å². The van der Waals surface area contributed by atoms with Crippen LogP contribution in [0.15, 0.2) is 66.7 Å². The van der Waals surface area contributed by atoms with Crippen LogP contribution in [-0.2, 0) is 32.6 Å². The molecule has 1 N–H and O–H groups in total. The van der Waals surface area contributed by atoms with Crippen LogP contribution in [0.5, 0.6) is 0 Å². The molecule has 42 heavy (non-hydrogen) atoms. The first-order valence-electron chi connectivity index (χ1n) is 14.0. The van der Waals surface area contributed by atoms with Crippen LogP contribution in [-0.4, -0.2) is 50.0 Å². The highest BCUT2D eigenvalue weighted by Gasteiger charge is 2.34. The van der Waals surface area contributed by atoms with E-state index in [0.717, 1.165) is 52.9 Å². The Morgan fingerprint density at radius 2 is 1.67 bits per heavy atom. The molecule has 0 heterocycles. The number of amides is 2. The van der Waals surface area contributed by atoms with Crippen molar-refractivity contribution in [2.45, 2.75) is 64.6 Å². The van der Waals surface area contributed by atoms with Crippen LogP contribution in [0.1, 0.15) is 47.9 Å². The molecule has 1 aliphatic carbocycles. The van der Waals surface area contributed by atoms with Gasteiger partial charge in [0.2, 0.25) is 21.8 Å². The van der Waals surface area contributed by atoms with Gasteiger partial charge in [-0.25, -0.2) is 8.42 Å². The van der Waals surface area contributed by atoms with E-state index in [0.29, 0.717) is 21.3 Å². The lowest BCUT2D eigenvalue weighted by Crippen LogP contribution is -2.54. The number of halogens is 2. The lowest BCUT2D eigenvalue weighted by atomic mass is 10.0. The standard InChI is InChI=1S/C32H37Cl2N3O4S/c1-22-13-16-29(23(2)17-22)37(42(3,40)41)21-31(38)36(20-25-14-15-26(33)19-28(25)34)30(18-24-9-5-4-6-10-24)32(39)35-27-11-7-8-12-27/h4-6,9-10,13-17,19,27,30H,7-8,11-12,18,20-21H2,1-3H3,(H,35,39)/t30-/m1/s1. The minimum absolute atomic E-state index is 0.00506. The second-order valence-corrected chi connectivity index (χ2v) is 13.8. The monoisotopic (exact) mass is 629 g/mol. The third kappa shape index (κ3) is 8.27. The van der Waals surface area contributed by atoms with Crippen molar-refractivity contribution in [2.75, 3.05) is 17.1 Å². The maximum atomic E-state index is 14.3. The maximum absolute atomic E-state index is 14.3. The van der Waals surface area contributed by atoms with Gasteiger partial charge in [-0.05, 0) is 61.6 Å². The summed E-state index contributed by atoms with van der Waals surface area (Å²) in [4.78, 5) is 29.7. The van der Waals surface area contributed by atoms with E-state index in [2.05, 4.69) is 5.32 Å². The van der Waals surface area contributed by atoms with Gasteiger partial charge in [0.15, 0.2) is 0 Å². The number of carbonyl (C=O) groups excluding carboxylic acids is 2. The summed E-state index contributed by atoms with van der Waals surface area (Å²) in [5.41, 5.74) is 3.58. The van der Waals surface area contributed by atoms with E-state index in [-0.39, 0.29) is 24.9 Å². The zero-order chi connectivity index (χ0) is 30.4. The second-order valence-electron chi connectivity index (χ2n) is 11.0. The van der Waals surface area contributed by atoms with Crippen molar-refractivity contribution < 1.29 is 18.0 Å². The van der Waals surface area contributed by atoms with Crippen molar-refractivity contribution in [1.82, 2.24) is 10.2 Å². The van der Waals surface area contributed by atoms with E-state index in [1.54, 1.807) is 24.3 Å². The number of rotatable bonds is 11. The Morgan fingerprint density at radius 3 is 2.29 bits per heavy atom. The Morgan fingerprint density at radius 1 is 0.976 bits per heavy atom. The van der Waals surface area contributed by atoms with Crippen molar-refractivity contribution in [2.24, 2.45) is 0 Å². The van der Waals surface area contributed by atoms with Gasteiger partial charge in [0.05, 0.1) is 11.9 Å². The van der Waals surface area contributed by atoms with Crippen LogP contribution in [0.4, 0.5) is 5.69 Å². The molecular weight excluding hydrogens is 593 g/mol. The number of sulfonamides is 1. The minimum atomic E-state index is -3.85. The molecule has 4 rings (SSSR count). The smallest absolute Gasteiger partial charge is 0.244 e. The summed E-state index contributed by atoms with van der Waals surface area (Å²) in [6, 6.07) is 19.0. The van der Waals surface area contributed by atoms with Gasteiger partial charge in [-0.3, -0.25) is 13.9 Å². The molecule has 0 unspecified atom stereocenters. The third-order valence-corrected chi connectivity index (χ3v) is 9.34. The van der Waals surface area contributed by atoms with E-state index in [1.807, 2.05) is 56.3 Å². The first kappa shape index (κ1) is 31.9. The molecule has 224 valence electrons. The summed E-state index contributed by atoms with van der Waals surface area (Å²) in [5.74, 6) is -0.796. The van der Waals surface area contributed by atoms with Crippen LogP contribution in [0.3, 0.4) is 0 Å². The Labute approximate surface area is 258 Å². The fraction of sp³-hybridized carbons (Fsp3) is 0.375. The molecule has 1 fully saturated rings. The largest absolute Gasteiger partial charge is 0.352 e. The van der Waals surface area contributed by atoms with Crippen LogP contribution in [0.25, 0.3) is 0 Å². The molecule has 10 heteroatoms. The average Bonchev–Trinajstić information content (AvgIpc) is 3.43.